The monoisotopic (exact) mass is 256 g/mol. The molecular weight excluding hydrogens is 228 g/mol. The van der Waals surface area contributed by atoms with Crippen molar-refractivity contribution in [3.8, 4) is 0 Å². The van der Waals surface area contributed by atoms with Crippen molar-refractivity contribution in [2.45, 2.75) is 65.1 Å². The molecule has 1 aliphatic heterocycles. The van der Waals surface area contributed by atoms with Gasteiger partial charge in [0.1, 0.15) is 0 Å². The normalized spacial score (nSPS) is 18.6. The van der Waals surface area contributed by atoms with E-state index < -0.39 is 0 Å². The van der Waals surface area contributed by atoms with Crippen LogP contribution in [0.1, 0.15) is 48.0 Å². The summed E-state index contributed by atoms with van der Waals surface area (Å²) in [5, 5.41) is 3.04. The zero-order chi connectivity index (χ0) is 14.0. The molecule has 1 heterocycles. The molecule has 0 aromatic carbocycles. The summed E-state index contributed by atoms with van der Waals surface area (Å²) in [5.41, 5.74) is 0.0381. The minimum atomic E-state index is -0.167. The molecule has 1 rings (SSSR count). The molecule has 0 unspecified atom stereocenters. The Bertz CT molecular complexity index is 283. The van der Waals surface area contributed by atoms with Gasteiger partial charge >= 0.3 is 0 Å². The van der Waals surface area contributed by atoms with Crippen LogP contribution < -0.4 is 5.32 Å². The Morgan fingerprint density at radius 2 is 1.78 bits per heavy atom. The molecule has 18 heavy (non-hydrogen) atoms. The first kappa shape index (κ1) is 15.4. The Morgan fingerprint density at radius 3 is 2.22 bits per heavy atom. The molecule has 0 bridgehead atoms. The topological polar surface area (TPSA) is 41.6 Å². The fourth-order valence-corrected chi connectivity index (χ4v) is 1.87. The van der Waals surface area contributed by atoms with Crippen molar-refractivity contribution in [2.24, 2.45) is 0 Å². The van der Waals surface area contributed by atoms with Gasteiger partial charge in [-0.3, -0.25) is 9.69 Å². The lowest BCUT2D eigenvalue weighted by molar-refractivity contribution is -0.125. The van der Waals surface area contributed by atoms with Gasteiger partial charge in [0, 0.05) is 25.0 Å². The average molecular weight is 256 g/mol. The van der Waals surface area contributed by atoms with Crippen LogP contribution >= 0.6 is 0 Å². The summed E-state index contributed by atoms with van der Waals surface area (Å²) in [6.45, 7) is 15.0. The lowest BCUT2D eigenvalue weighted by Crippen LogP contribution is -2.64. The largest absolute Gasteiger partial charge is 0.375 e. The second kappa shape index (κ2) is 5.57. The Kier molecular flexibility index (Phi) is 4.78. The van der Waals surface area contributed by atoms with Gasteiger partial charge < -0.3 is 10.1 Å². The highest BCUT2D eigenvalue weighted by molar-refractivity contribution is 5.76. The third-order valence-electron chi connectivity index (χ3n) is 3.06. The fourth-order valence-electron chi connectivity index (χ4n) is 1.87. The molecular formula is C14H28N2O2. The smallest absolute Gasteiger partial charge is 0.222 e. The Labute approximate surface area is 111 Å². The average Bonchev–Trinajstić information content (AvgIpc) is 2.06. The van der Waals surface area contributed by atoms with Gasteiger partial charge in [0.25, 0.3) is 0 Å². The number of hydrogen-bond donors (Lipinski definition) is 1. The summed E-state index contributed by atoms with van der Waals surface area (Å²) in [4.78, 5) is 14.0. The third kappa shape index (κ3) is 5.36. The highest BCUT2D eigenvalue weighted by atomic mass is 16.5. The SMILES string of the molecule is CC(C)(C)OCCC(=O)NC1CN(C(C)(C)C)C1. The minimum Gasteiger partial charge on any atom is -0.375 e. The molecule has 0 aromatic heterocycles. The second-order valence-electron chi connectivity index (χ2n) is 7.05. The van der Waals surface area contributed by atoms with Crippen molar-refractivity contribution >= 4 is 5.91 Å². The van der Waals surface area contributed by atoms with Crippen LogP contribution in [0.15, 0.2) is 0 Å². The van der Waals surface area contributed by atoms with E-state index in [4.69, 9.17) is 4.74 Å². The van der Waals surface area contributed by atoms with E-state index in [2.05, 4.69) is 31.0 Å². The van der Waals surface area contributed by atoms with Gasteiger partial charge in [-0.15, -0.1) is 0 Å². The van der Waals surface area contributed by atoms with E-state index >= 15 is 0 Å². The van der Waals surface area contributed by atoms with Crippen LogP contribution in [-0.2, 0) is 9.53 Å². The molecule has 4 nitrogen and oxygen atoms in total. The highest BCUT2D eigenvalue weighted by Gasteiger charge is 2.34. The summed E-state index contributed by atoms with van der Waals surface area (Å²) >= 11 is 0. The fraction of sp³-hybridized carbons (Fsp3) is 0.929. The summed E-state index contributed by atoms with van der Waals surface area (Å²) < 4.78 is 5.54. The van der Waals surface area contributed by atoms with Crippen LogP contribution in [0.3, 0.4) is 0 Å². The molecule has 1 amide bonds. The second-order valence-corrected chi connectivity index (χ2v) is 7.05. The molecule has 0 atom stereocenters. The number of nitrogens with one attached hydrogen (secondary N) is 1. The number of ether oxygens (including phenoxy) is 1. The predicted octanol–water partition coefficient (Wildman–Crippen LogP) is 1.79. The molecule has 1 aliphatic rings. The number of carbonyl (C=O) groups is 1. The number of rotatable bonds is 4. The maximum Gasteiger partial charge on any atom is 0.222 e. The van der Waals surface area contributed by atoms with E-state index in [9.17, 15) is 4.79 Å². The maximum absolute atomic E-state index is 11.7. The summed E-state index contributed by atoms with van der Waals surface area (Å²) in [6.07, 6.45) is 0.448. The summed E-state index contributed by atoms with van der Waals surface area (Å²) in [6, 6.07) is 0.311. The number of amides is 1. The number of carbonyl (C=O) groups excluding carboxylic acids is 1. The van der Waals surface area contributed by atoms with Crippen molar-refractivity contribution < 1.29 is 9.53 Å². The molecule has 0 spiro atoms. The molecule has 1 N–H and O–H groups in total. The van der Waals surface area contributed by atoms with E-state index in [1.54, 1.807) is 0 Å². The van der Waals surface area contributed by atoms with E-state index in [0.717, 1.165) is 13.1 Å². The van der Waals surface area contributed by atoms with Crippen molar-refractivity contribution in [1.29, 1.82) is 0 Å². The quantitative estimate of drug-likeness (QED) is 0.834. The van der Waals surface area contributed by atoms with Crippen LogP contribution in [0.4, 0.5) is 0 Å². The first-order valence-electron chi connectivity index (χ1n) is 6.76. The van der Waals surface area contributed by atoms with Crippen molar-refractivity contribution in [1.82, 2.24) is 10.2 Å². The van der Waals surface area contributed by atoms with Crippen molar-refractivity contribution in [3.63, 3.8) is 0 Å². The zero-order valence-electron chi connectivity index (χ0n) is 12.7. The summed E-state index contributed by atoms with van der Waals surface area (Å²) in [7, 11) is 0. The van der Waals surface area contributed by atoms with E-state index in [-0.39, 0.29) is 17.0 Å². The molecule has 0 aliphatic carbocycles. The number of nitrogens with zero attached hydrogens (tertiary/aromatic N) is 1. The standard InChI is InChI=1S/C14H28N2O2/c1-13(2,3)16-9-11(10-16)15-12(17)7-8-18-14(4,5)6/h11H,7-10H2,1-6H3,(H,15,17). The Morgan fingerprint density at radius 1 is 1.22 bits per heavy atom. The zero-order valence-corrected chi connectivity index (χ0v) is 12.7. The van der Waals surface area contributed by atoms with E-state index in [1.165, 1.54) is 0 Å². The molecule has 1 fully saturated rings. The van der Waals surface area contributed by atoms with Gasteiger partial charge in [0.15, 0.2) is 0 Å². The molecule has 4 heteroatoms. The van der Waals surface area contributed by atoms with Gasteiger partial charge in [0.05, 0.1) is 18.2 Å². The lowest BCUT2D eigenvalue weighted by atomic mass is 9.97. The molecule has 0 radical (unpaired) electrons. The minimum absolute atomic E-state index is 0.0952. The highest BCUT2D eigenvalue weighted by Crippen LogP contribution is 2.20. The number of hydrogen-bond acceptors (Lipinski definition) is 3. The van der Waals surface area contributed by atoms with Gasteiger partial charge in [-0.05, 0) is 41.5 Å². The van der Waals surface area contributed by atoms with Crippen LogP contribution in [0.25, 0.3) is 0 Å². The van der Waals surface area contributed by atoms with Gasteiger partial charge in [0.2, 0.25) is 5.91 Å². The van der Waals surface area contributed by atoms with Gasteiger partial charge in [-0.25, -0.2) is 0 Å². The molecule has 0 saturated carbocycles. The van der Waals surface area contributed by atoms with E-state index in [1.807, 2.05) is 20.8 Å². The molecule has 1 saturated heterocycles. The Hall–Kier alpha value is -0.610. The van der Waals surface area contributed by atoms with Crippen LogP contribution in [0.5, 0.6) is 0 Å². The predicted molar refractivity (Wildman–Crippen MR) is 73.6 cm³/mol. The van der Waals surface area contributed by atoms with Crippen molar-refractivity contribution in [3.05, 3.63) is 0 Å². The van der Waals surface area contributed by atoms with Gasteiger partial charge in [-0.2, -0.15) is 0 Å². The third-order valence-corrected chi connectivity index (χ3v) is 3.06. The van der Waals surface area contributed by atoms with Crippen LogP contribution in [-0.4, -0.2) is 47.7 Å². The first-order chi connectivity index (χ1) is 8.08. The maximum atomic E-state index is 11.7. The van der Waals surface area contributed by atoms with Gasteiger partial charge in [-0.1, -0.05) is 0 Å². The first-order valence-corrected chi connectivity index (χ1v) is 6.76. The lowest BCUT2D eigenvalue weighted by Gasteiger charge is -2.47. The van der Waals surface area contributed by atoms with E-state index in [0.29, 0.717) is 19.1 Å². The summed E-state index contributed by atoms with van der Waals surface area (Å²) in [5.74, 6) is 0.0952. The Balaban J connectivity index is 2.13. The van der Waals surface area contributed by atoms with Crippen molar-refractivity contribution in [2.75, 3.05) is 19.7 Å². The van der Waals surface area contributed by atoms with Crippen LogP contribution in [0, 0.1) is 0 Å². The molecule has 0 aromatic rings. The molecule has 106 valence electrons. The number of likely N-dealkylation sites (tertiary alicyclic amines) is 1. The van der Waals surface area contributed by atoms with Crippen LogP contribution in [0.2, 0.25) is 0 Å².